The highest BCUT2D eigenvalue weighted by Gasteiger charge is 2.18. The molecule has 3 heterocycles. The van der Waals surface area contributed by atoms with Gasteiger partial charge in [0.25, 0.3) is 0 Å². The molecule has 0 aliphatic rings. The number of fused-ring (bicyclic) bond motifs is 4. The molecule has 0 aliphatic carbocycles. The number of hydrogen-bond donors (Lipinski definition) is 0. The van der Waals surface area contributed by atoms with Crippen LogP contribution in [0.25, 0.3) is 89.4 Å². The van der Waals surface area contributed by atoms with Crippen LogP contribution in [-0.2, 0) is 0 Å². The quantitative estimate of drug-likeness (QED) is 0.189. The van der Waals surface area contributed by atoms with Gasteiger partial charge in [-0.2, -0.15) is 5.26 Å². The Morgan fingerprint density at radius 3 is 1.90 bits per heavy atom. The third-order valence-electron chi connectivity index (χ3n) is 8.73. The van der Waals surface area contributed by atoms with Crippen molar-refractivity contribution in [3.05, 3.63) is 157 Å². The van der Waals surface area contributed by atoms with Crippen LogP contribution in [0.4, 0.5) is 0 Å². The summed E-state index contributed by atoms with van der Waals surface area (Å²) in [5.41, 5.74) is 11.3. The first kappa shape index (κ1) is 28.3. The third kappa shape index (κ3) is 5.16. The highest BCUT2D eigenvalue weighted by molar-refractivity contribution is 6.06. The molecule has 0 amide bonds. The molecular weight excluding hydrogens is 603 g/mol. The molecule has 6 nitrogen and oxygen atoms in total. The van der Waals surface area contributed by atoms with Crippen LogP contribution in [0.1, 0.15) is 5.56 Å². The smallest absolute Gasteiger partial charge is 0.160 e. The van der Waals surface area contributed by atoms with E-state index in [1.807, 2.05) is 103 Å². The van der Waals surface area contributed by atoms with Crippen molar-refractivity contribution in [3.63, 3.8) is 0 Å². The van der Waals surface area contributed by atoms with Crippen molar-refractivity contribution < 1.29 is 4.42 Å². The predicted molar refractivity (Wildman–Crippen MR) is 194 cm³/mol. The number of hydrogen-bond acceptors (Lipinski definition) is 6. The summed E-state index contributed by atoms with van der Waals surface area (Å²) in [7, 11) is 0. The molecule has 6 aromatic carbocycles. The Hall–Kier alpha value is -6.97. The first-order chi connectivity index (χ1) is 24.2. The van der Waals surface area contributed by atoms with Crippen LogP contribution >= 0.6 is 0 Å². The standard InChI is InChI=1S/C43H25N5O/c44-26-27-9-8-12-32(23-27)41-42(46-36-15-6-5-14-35(36)45-41)38-25-37(47-43(48-38)30-10-2-1-3-11-30)29-19-17-28(18-20-29)31-21-22-40-34(24-31)33-13-4-7-16-39(33)49-40/h1-25H. The predicted octanol–water partition coefficient (Wildman–Crippen LogP) is 10.5. The molecule has 0 aliphatic heterocycles. The first-order valence-electron chi connectivity index (χ1n) is 15.9. The van der Waals surface area contributed by atoms with E-state index < -0.39 is 0 Å². The normalized spacial score (nSPS) is 11.2. The van der Waals surface area contributed by atoms with Crippen molar-refractivity contribution in [3.8, 4) is 62.5 Å². The summed E-state index contributed by atoms with van der Waals surface area (Å²) in [5, 5.41) is 11.9. The fourth-order valence-corrected chi connectivity index (χ4v) is 6.29. The number of furan rings is 1. The van der Waals surface area contributed by atoms with Crippen molar-refractivity contribution in [2.45, 2.75) is 0 Å². The Balaban J connectivity index is 1.19. The molecule has 0 saturated heterocycles. The maximum atomic E-state index is 9.65. The van der Waals surface area contributed by atoms with Crippen LogP contribution in [0.3, 0.4) is 0 Å². The monoisotopic (exact) mass is 627 g/mol. The van der Waals surface area contributed by atoms with Crippen molar-refractivity contribution >= 4 is 33.0 Å². The lowest BCUT2D eigenvalue weighted by molar-refractivity contribution is 0.669. The molecule has 49 heavy (non-hydrogen) atoms. The molecule has 9 aromatic rings. The summed E-state index contributed by atoms with van der Waals surface area (Å²) >= 11 is 0. The Morgan fingerprint density at radius 1 is 0.429 bits per heavy atom. The Kier molecular flexibility index (Phi) is 6.74. The van der Waals surface area contributed by atoms with E-state index in [0.29, 0.717) is 28.5 Å². The van der Waals surface area contributed by atoms with Gasteiger partial charge in [0.1, 0.15) is 16.9 Å². The Labute approximate surface area is 281 Å². The third-order valence-corrected chi connectivity index (χ3v) is 8.73. The second kappa shape index (κ2) is 11.7. The van der Waals surface area contributed by atoms with E-state index >= 15 is 0 Å². The van der Waals surface area contributed by atoms with Gasteiger partial charge in [0, 0.05) is 27.5 Å². The zero-order valence-corrected chi connectivity index (χ0v) is 26.1. The minimum Gasteiger partial charge on any atom is -0.456 e. The van der Waals surface area contributed by atoms with Crippen LogP contribution in [0.5, 0.6) is 0 Å². The summed E-state index contributed by atoms with van der Waals surface area (Å²) in [6.07, 6.45) is 0. The van der Waals surface area contributed by atoms with Gasteiger partial charge in [-0.15, -0.1) is 0 Å². The van der Waals surface area contributed by atoms with E-state index in [9.17, 15) is 5.26 Å². The molecule has 6 heteroatoms. The maximum absolute atomic E-state index is 9.65. The van der Waals surface area contributed by atoms with E-state index in [2.05, 4.69) is 48.5 Å². The van der Waals surface area contributed by atoms with Gasteiger partial charge < -0.3 is 4.42 Å². The average Bonchev–Trinajstić information content (AvgIpc) is 3.56. The highest BCUT2D eigenvalue weighted by atomic mass is 16.3. The number of aromatic nitrogens is 4. The van der Waals surface area contributed by atoms with Gasteiger partial charge in [-0.25, -0.2) is 19.9 Å². The van der Waals surface area contributed by atoms with Crippen molar-refractivity contribution in [2.24, 2.45) is 0 Å². The van der Waals surface area contributed by atoms with E-state index in [1.54, 1.807) is 6.07 Å². The molecule has 0 N–H and O–H groups in total. The molecule has 0 fully saturated rings. The van der Waals surface area contributed by atoms with Gasteiger partial charge >= 0.3 is 0 Å². The molecule has 3 aromatic heterocycles. The van der Waals surface area contributed by atoms with Gasteiger partial charge in [0.15, 0.2) is 5.82 Å². The molecule has 0 atom stereocenters. The lowest BCUT2D eigenvalue weighted by atomic mass is 10.00. The molecule has 0 bridgehead atoms. The van der Waals surface area contributed by atoms with E-state index in [-0.39, 0.29) is 0 Å². The van der Waals surface area contributed by atoms with Gasteiger partial charge in [0.05, 0.1) is 39.7 Å². The van der Waals surface area contributed by atoms with Gasteiger partial charge in [-0.1, -0.05) is 103 Å². The molecular formula is C43H25N5O. The topological polar surface area (TPSA) is 88.5 Å². The summed E-state index contributed by atoms with van der Waals surface area (Å²) < 4.78 is 6.05. The number of rotatable bonds is 5. The first-order valence-corrected chi connectivity index (χ1v) is 15.9. The maximum Gasteiger partial charge on any atom is 0.160 e. The average molecular weight is 628 g/mol. The summed E-state index contributed by atoms with van der Waals surface area (Å²) in [5.74, 6) is 0.584. The lowest BCUT2D eigenvalue weighted by Crippen LogP contribution is -2.01. The van der Waals surface area contributed by atoms with Crippen molar-refractivity contribution in [2.75, 3.05) is 0 Å². The Bertz CT molecular complexity index is 2730. The lowest BCUT2D eigenvalue weighted by Gasteiger charge is -2.13. The second-order valence-corrected chi connectivity index (χ2v) is 11.8. The van der Waals surface area contributed by atoms with Crippen LogP contribution in [0.15, 0.2) is 156 Å². The minimum absolute atomic E-state index is 0.548. The van der Waals surface area contributed by atoms with Crippen molar-refractivity contribution in [1.82, 2.24) is 19.9 Å². The molecule has 228 valence electrons. The Morgan fingerprint density at radius 2 is 1.08 bits per heavy atom. The van der Waals surface area contributed by atoms with Crippen LogP contribution in [-0.4, -0.2) is 19.9 Å². The van der Waals surface area contributed by atoms with E-state index in [4.69, 9.17) is 24.4 Å². The molecule has 0 saturated carbocycles. The van der Waals surface area contributed by atoms with E-state index in [0.717, 1.165) is 66.5 Å². The minimum atomic E-state index is 0.548. The summed E-state index contributed by atoms with van der Waals surface area (Å²) in [4.78, 5) is 20.3. The summed E-state index contributed by atoms with van der Waals surface area (Å²) in [6.45, 7) is 0. The van der Waals surface area contributed by atoms with Crippen LogP contribution < -0.4 is 0 Å². The van der Waals surface area contributed by atoms with Crippen molar-refractivity contribution in [1.29, 1.82) is 5.26 Å². The number of benzene rings is 6. The number of nitrogens with zero attached hydrogens (tertiary/aromatic N) is 5. The fraction of sp³-hybridized carbons (Fsp3) is 0. The second-order valence-electron chi connectivity index (χ2n) is 11.8. The zero-order chi connectivity index (χ0) is 32.7. The van der Waals surface area contributed by atoms with Crippen LogP contribution in [0, 0.1) is 11.3 Å². The van der Waals surface area contributed by atoms with Gasteiger partial charge in [-0.3, -0.25) is 0 Å². The molecule has 0 unspecified atom stereocenters. The van der Waals surface area contributed by atoms with Gasteiger partial charge in [-0.05, 0) is 59.7 Å². The fourth-order valence-electron chi connectivity index (χ4n) is 6.29. The van der Waals surface area contributed by atoms with Crippen LogP contribution in [0.2, 0.25) is 0 Å². The molecule has 0 spiro atoms. The van der Waals surface area contributed by atoms with E-state index in [1.165, 1.54) is 0 Å². The molecule has 0 radical (unpaired) electrons. The molecule has 9 rings (SSSR count). The highest BCUT2D eigenvalue weighted by Crippen LogP contribution is 2.36. The largest absolute Gasteiger partial charge is 0.456 e. The number of nitriles is 1. The van der Waals surface area contributed by atoms with Gasteiger partial charge in [0.2, 0.25) is 0 Å². The SMILES string of the molecule is N#Cc1cccc(-c2nc3ccccc3nc2-c2cc(-c3ccc(-c4ccc5oc6ccccc6c5c4)cc3)nc(-c3ccccc3)n2)c1. The number of para-hydroxylation sites is 3. The summed E-state index contributed by atoms with van der Waals surface area (Å²) in [6, 6.07) is 52.3. The zero-order valence-electron chi connectivity index (χ0n) is 26.1.